The van der Waals surface area contributed by atoms with Crippen molar-refractivity contribution in [3.63, 3.8) is 0 Å². The Kier molecular flexibility index (Phi) is 6.18. The first-order valence-electron chi connectivity index (χ1n) is 9.58. The van der Waals surface area contributed by atoms with Gasteiger partial charge in [-0.2, -0.15) is 0 Å². The second-order valence-electron chi connectivity index (χ2n) is 6.66. The monoisotopic (exact) mass is 430 g/mol. The minimum atomic E-state index is -0.369. The van der Waals surface area contributed by atoms with E-state index in [9.17, 15) is 14.4 Å². The molecule has 1 aliphatic rings. The maximum Gasteiger partial charge on any atom is 0.293 e. The number of imide groups is 1. The third-order valence-electron chi connectivity index (χ3n) is 4.54. The number of aromatic nitrogens is 2. The Hall–Kier alpha value is -3.78. The molecule has 2 aromatic carbocycles. The van der Waals surface area contributed by atoms with Crippen LogP contribution in [0, 0.1) is 0 Å². The Morgan fingerprint density at radius 2 is 1.61 bits per heavy atom. The highest BCUT2D eigenvalue weighted by Crippen LogP contribution is 2.31. The Morgan fingerprint density at radius 1 is 0.968 bits per heavy atom. The molecule has 2 heterocycles. The number of nitrogens with one attached hydrogen (secondary N) is 1. The number of nitrogens with zero attached hydrogens (tertiary/aromatic N) is 3. The maximum absolute atomic E-state index is 12.5. The SMILES string of the molecule is O=C(NCCN1C(=O)S/C(=C/c2ccccc2)C1=O)c1cnc(-c2ccccc2)nc1. The van der Waals surface area contributed by atoms with Crippen molar-refractivity contribution >= 4 is 34.9 Å². The number of hydrogen-bond donors (Lipinski definition) is 1. The smallest absolute Gasteiger partial charge is 0.293 e. The lowest BCUT2D eigenvalue weighted by Gasteiger charge is -2.13. The fraction of sp³-hybridized carbons (Fsp3) is 0.0870. The Balaban J connectivity index is 1.33. The highest BCUT2D eigenvalue weighted by molar-refractivity contribution is 8.18. The van der Waals surface area contributed by atoms with Crippen molar-refractivity contribution in [2.75, 3.05) is 13.1 Å². The minimum absolute atomic E-state index is 0.0888. The van der Waals surface area contributed by atoms with Crippen molar-refractivity contribution in [1.29, 1.82) is 0 Å². The number of carbonyl (C=O) groups is 3. The second kappa shape index (κ2) is 9.36. The van der Waals surface area contributed by atoms with E-state index < -0.39 is 0 Å². The molecule has 31 heavy (non-hydrogen) atoms. The number of amides is 3. The number of rotatable bonds is 6. The van der Waals surface area contributed by atoms with Gasteiger partial charge in [0.25, 0.3) is 17.1 Å². The van der Waals surface area contributed by atoms with Crippen LogP contribution in [0.15, 0.2) is 78.0 Å². The number of benzene rings is 2. The van der Waals surface area contributed by atoms with Gasteiger partial charge in [0.2, 0.25) is 0 Å². The largest absolute Gasteiger partial charge is 0.350 e. The summed E-state index contributed by atoms with van der Waals surface area (Å²) in [5, 5.41) is 2.35. The maximum atomic E-state index is 12.5. The van der Waals surface area contributed by atoms with Crippen LogP contribution in [0.1, 0.15) is 15.9 Å². The van der Waals surface area contributed by atoms with Crippen molar-refractivity contribution in [3.05, 3.63) is 89.1 Å². The van der Waals surface area contributed by atoms with Crippen LogP contribution in [0.5, 0.6) is 0 Å². The van der Waals surface area contributed by atoms with Gasteiger partial charge in [-0.25, -0.2) is 9.97 Å². The van der Waals surface area contributed by atoms with E-state index in [-0.39, 0.29) is 30.1 Å². The lowest BCUT2D eigenvalue weighted by Crippen LogP contribution is -2.37. The van der Waals surface area contributed by atoms with E-state index in [1.54, 1.807) is 6.08 Å². The molecule has 8 heteroatoms. The summed E-state index contributed by atoms with van der Waals surface area (Å²) in [5.41, 5.74) is 2.01. The van der Waals surface area contributed by atoms with E-state index in [4.69, 9.17) is 0 Å². The lowest BCUT2D eigenvalue weighted by atomic mass is 10.2. The van der Waals surface area contributed by atoms with Crippen LogP contribution in [-0.2, 0) is 4.79 Å². The molecule has 1 N–H and O–H groups in total. The van der Waals surface area contributed by atoms with Gasteiger partial charge in [-0.1, -0.05) is 60.7 Å². The van der Waals surface area contributed by atoms with E-state index in [0.29, 0.717) is 16.3 Å². The van der Waals surface area contributed by atoms with E-state index in [0.717, 1.165) is 27.8 Å². The zero-order valence-corrected chi connectivity index (χ0v) is 17.2. The zero-order valence-electron chi connectivity index (χ0n) is 16.4. The standard InChI is InChI=1S/C23H18N4O3S/c28-21(18-14-25-20(26-15-18)17-9-5-2-6-10-17)24-11-12-27-22(29)19(31-23(27)30)13-16-7-3-1-4-8-16/h1-10,13-15H,11-12H2,(H,24,28)/b19-13+. The Morgan fingerprint density at radius 3 is 2.29 bits per heavy atom. The molecule has 7 nitrogen and oxygen atoms in total. The first kappa shape index (κ1) is 20.5. The minimum Gasteiger partial charge on any atom is -0.350 e. The molecule has 1 aromatic heterocycles. The number of carbonyl (C=O) groups excluding carboxylic acids is 3. The average Bonchev–Trinajstić information content (AvgIpc) is 3.07. The molecule has 3 aromatic rings. The van der Waals surface area contributed by atoms with Gasteiger partial charge in [-0.15, -0.1) is 0 Å². The van der Waals surface area contributed by atoms with E-state index >= 15 is 0 Å². The third-order valence-corrected chi connectivity index (χ3v) is 5.45. The summed E-state index contributed by atoms with van der Waals surface area (Å²) in [6.45, 7) is 0.224. The predicted octanol–water partition coefficient (Wildman–Crippen LogP) is 3.61. The summed E-state index contributed by atoms with van der Waals surface area (Å²) < 4.78 is 0. The lowest BCUT2D eigenvalue weighted by molar-refractivity contribution is -0.122. The van der Waals surface area contributed by atoms with Crippen LogP contribution in [0.25, 0.3) is 17.5 Å². The summed E-state index contributed by atoms with van der Waals surface area (Å²) in [6, 6.07) is 18.8. The molecule has 1 saturated heterocycles. The zero-order chi connectivity index (χ0) is 21.6. The van der Waals surface area contributed by atoms with Gasteiger partial charge in [0.05, 0.1) is 10.5 Å². The fourth-order valence-corrected chi connectivity index (χ4v) is 3.82. The van der Waals surface area contributed by atoms with Crippen molar-refractivity contribution < 1.29 is 14.4 Å². The van der Waals surface area contributed by atoms with Gasteiger partial charge in [0.1, 0.15) is 0 Å². The molecular weight excluding hydrogens is 412 g/mol. The van der Waals surface area contributed by atoms with Crippen molar-refractivity contribution in [2.24, 2.45) is 0 Å². The van der Waals surface area contributed by atoms with Gasteiger partial charge in [0.15, 0.2) is 5.82 Å². The van der Waals surface area contributed by atoms with Gasteiger partial charge >= 0.3 is 0 Å². The molecule has 154 valence electrons. The van der Waals surface area contributed by atoms with Crippen LogP contribution in [0.4, 0.5) is 4.79 Å². The van der Waals surface area contributed by atoms with Crippen molar-refractivity contribution in [3.8, 4) is 11.4 Å². The molecule has 0 radical (unpaired) electrons. The fourth-order valence-electron chi connectivity index (χ4n) is 2.96. The quantitative estimate of drug-likeness (QED) is 0.601. The Labute approximate surface area is 183 Å². The number of hydrogen-bond acceptors (Lipinski definition) is 6. The highest BCUT2D eigenvalue weighted by Gasteiger charge is 2.34. The molecule has 3 amide bonds. The first-order valence-corrected chi connectivity index (χ1v) is 10.4. The first-order chi connectivity index (χ1) is 15.1. The molecule has 0 aliphatic carbocycles. The van der Waals surface area contributed by atoms with E-state index in [1.807, 2.05) is 60.7 Å². The van der Waals surface area contributed by atoms with E-state index in [2.05, 4.69) is 15.3 Å². The number of thioether (sulfide) groups is 1. The van der Waals surface area contributed by atoms with Gasteiger partial charge in [-0.05, 0) is 23.4 Å². The van der Waals surface area contributed by atoms with Crippen molar-refractivity contribution in [1.82, 2.24) is 20.2 Å². The average molecular weight is 430 g/mol. The van der Waals surface area contributed by atoms with Crippen molar-refractivity contribution in [2.45, 2.75) is 0 Å². The summed E-state index contributed by atoms with van der Waals surface area (Å²) >= 11 is 0.897. The predicted molar refractivity (Wildman–Crippen MR) is 119 cm³/mol. The summed E-state index contributed by atoms with van der Waals surface area (Å²) in [4.78, 5) is 47.0. The summed E-state index contributed by atoms with van der Waals surface area (Å²) in [5.74, 6) is -0.199. The topological polar surface area (TPSA) is 92.3 Å². The molecule has 1 fully saturated rings. The molecule has 0 spiro atoms. The Bertz CT molecular complexity index is 1130. The second-order valence-corrected chi connectivity index (χ2v) is 7.65. The normalized spacial score (nSPS) is 14.8. The molecule has 0 atom stereocenters. The third kappa shape index (κ3) is 4.87. The molecule has 4 rings (SSSR count). The summed E-state index contributed by atoms with van der Waals surface area (Å²) in [7, 11) is 0. The molecule has 0 saturated carbocycles. The molecule has 0 unspecified atom stereocenters. The van der Waals surface area contributed by atoms with Gasteiger partial charge in [-0.3, -0.25) is 19.3 Å². The van der Waals surface area contributed by atoms with Crippen LogP contribution in [0.3, 0.4) is 0 Å². The van der Waals surface area contributed by atoms with Gasteiger partial charge < -0.3 is 5.32 Å². The van der Waals surface area contributed by atoms with Gasteiger partial charge in [0, 0.05) is 31.0 Å². The highest BCUT2D eigenvalue weighted by atomic mass is 32.2. The van der Waals surface area contributed by atoms with Crippen LogP contribution >= 0.6 is 11.8 Å². The van der Waals surface area contributed by atoms with E-state index in [1.165, 1.54) is 12.4 Å². The van der Waals surface area contributed by atoms with Crippen LogP contribution in [0.2, 0.25) is 0 Å². The summed E-state index contributed by atoms with van der Waals surface area (Å²) in [6.07, 6.45) is 4.59. The molecular formula is C23H18N4O3S. The molecule has 1 aliphatic heterocycles. The molecule has 0 bridgehead atoms. The van der Waals surface area contributed by atoms with Crippen LogP contribution in [-0.4, -0.2) is 45.0 Å². The van der Waals surface area contributed by atoms with Crippen LogP contribution < -0.4 is 5.32 Å².